The molecule has 26 heavy (non-hydrogen) atoms. The lowest BCUT2D eigenvalue weighted by molar-refractivity contribution is 0.0742. The highest BCUT2D eigenvalue weighted by Crippen LogP contribution is 2.17. The maximum atomic E-state index is 12.7. The number of carbonyl (C=O) groups excluding carboxylic acids is 1. The molecule has 2 aromatic rings. The van der Waals surface area contributed by atoms with Crippen LogP contribution in [0, 0.1) is 0 Å². The zero-order valence-corrected chi connectivity index (χ0v) is 14.8. The summed E-state index contributed by atoms with van der Waals surface area (Å²) in [6.45, 7) is 3.89. The molecule has 1 N–H and O–H groups in total. The fraction of sp³-hybridized carbons (Fsp3) is 0.500. The predicted molar refractivity (Wildman–Crippen MR) is 94.2 cm³/mol. The zero-order chi connectivity index (χ0) is 18.5. The van der Waals surface area contributed by atoms with Crippen LogP contribution >= 0.6 is 0 Å². The Labute approximate surface area is 151 Å². The van der Waals surface area contributed by atoms with Gasteiger partial charge in [-0.15, -0.1) is 0 Å². The highest BCUT2D eigenvalue weighted by Gasteiger charge is 2.22. The van der Waals surface area contributed by atoms with Crippen molar-refractivity contribution in [2.24, 2.45) is 0 Å². The van der Waals surface area contributed by atoms with Crippen LogP contribution in [0.2, 0.25) is 0 Å². The summed E-state index contributed by atoms with van der Waals surface area (Å²) in [5, 5.41) is 7.04. The Kier molecular flexibility index (Phi) is 5.92. The first kappa shape index (κ1) is 18.4. The van der Waals surface area contributed by atoms with E-state index in [0.717, 1.165) is 17.8 Å². The third-order valence-electron chi connectivity index (χ3n) is 4.53. The summed E-state index contributed by atoms with van der Waals surface area (Å²) < 4.78 is 25.1. The second-order valence-corrected chi connectivity index (χ2v) is 6.37. The van der Waals surface area contributed by atoms with Crippen molar-refractivity contribution in [3.05, 3.63) is 35.7 Å². The molecule has 1 saturated heterocycles. The molecular formula is C18H23F2N5O. The molecule has 1 amide bonds. The number of carbonyl (C=O) groups is 1. The number of benzene rings is 1. The van der Waals surface area contributed by atoms with E-state index in [1.165, 1.54) is 0 Å². The standard InChI is InChI=1S/C18H23F2N5O/c1-2-16-21-17(23-22-16)13-4-6-14(7-5-13)18(26)25-9-3-8-24(10-11-25)12-15(19)20/h4-7,15H,2-3,8-12H2,1H3,(H,21,22,23). The number of aromatic amines is 1. The van der Waals surface area contributed by atoms with E-state index in [4.69, 9.17) is 0 Å². The molecule has 6 nitrogen and oxygen atoms in total. The van der Waals surface area contributed by atoms with Gasteiger partial charge in [-0.2, -0.15) is 5.10 Å². The average molecular weight is 363 g/mol. The number of alkyl halides is 2. The first-order valence-electron chi connectivity index (χ1n) is 8.88. The van der Waals surface area contributed by atoms with Gasteiger partial charge >= 0.3 is 0 Å². The molecule has 1 aliphatic heterocycles. The normalized spacial score (nSPS) is 16.1. The van der Waals surface area contributed by atoms with Crippen molar-refractivity contribution in [3.63, 3.8) is 0 Å². The lowest BCUT2D eigenvalue weighted by atomic mass is 10.1. The van der Waals surface area contributed by atoms with Crippen LogP contribution in [-0.4, -0.2) is 70.0 Å². The molecule has 2 heterocycles. The van der Waals surface area contributed by atoms with Crippen molar-refractivity contribution in [1.82, 2.24) is 25.0 Å². The van der Waals surface area contributed by atoms with E-state index in [-0.39, 0.29) is 12.5 Å². The number of hydrogen-bond donors (Lipinski definition) is 1. The number of rotatable bonds is 5. The van der Waals surface area contributed by atoms with Crippen molar-refractivity contribution in [2.75, 3.05) is 32.7 Å². The number of amides is 1. The van der Waals surface area contributed by atoms with Crippen molar-refractivity contribution < 1.29 is 13.6 Å². The smallest absolute Gasteiger partial charge is 0.253 e. The molecule has 0 saturated carbocycles. The van der Waals surface area contributed by atoms with Gasteiger partial charge in [0, 0.05) is 43.7 Å². The Morgan fingerprint density at radius 3 is 2.62 bits per heavy atom. The second-order valence-electron chi connectivity index (χ2n) is 6.37. The molecule has 140 valence electrons. The minimum Gasteiger partial charge on any atom is -0.337 e. The number of hydrogen-bond acceptors (Lipinski definition) is 4. The average Bonchev–Trinajstić information content (AvgIpc) is 3.01. The van der Waals surface area contributed by atoms with Gasteiger partial charge in [-0.1, -0.05) is 19.1 Å². The summed E-state index contributed by atoms with van der Waals surface area (Å²) in [6.07, 6.45) is -0.858. The lowest BCUT2D eigenvalue weighted by Crippen LogP contribution is -2.36. The van der Waals surface area contributed by atoms with Gasteiger partial charge in [0.15, 0.2) is 5.82 Å². The zero-order valence-electron chi connectivity index (χ0n) is 14.8. The number of nitrogens with one attached hydrogen (secondary N) is 1. The van der Waals surface area contributed by atoms with Crippen molar-refractivity contribution >= 4 is 5.91 Å². The van der Waals surface area contributed by atoms with E-state index >= 15 is 0 Å². The third kappa shape index (κ3) is 4.43. The molecule has 8 heteroatoms. The number of nitrogens with zero attached hydrogens (tertiary/aromatic N) is 4. The Bertz CT molecular complexity index is 731. The highest BCUT2D eigenvalue weighted by atomic mass is 19.3. The van der Waals surface area contributed by atoms with E-state index in [1.807, 2.05) is 19.1 Å². The van der Waals surface area contributed by atoms with Gasteiger partial charge in [0.1, 0.15) is 5.82 Å². The van der Waals surface area contributed by atoms with E-state index < -0.39 is 6.43 Å². The third-order valence-corrected chi connectivity index (χ3v) is 4.53. The summed E-state index contributed by atoms with van der Waals surface area (Å²) in [4.78, 5) is 20.5. The maximum Gasteiger partial charge on any atom is 0.253 e. The monoisotopic (exact) mass is 363 g/mol. The summed E-state index contributed by atoms with van der Waals surface area (Å²) in [7, 11) is 0. The van der Waals surface area contributed by atoms with Crippen LogP contribution in [0.15, 0.2) is 24.3 Å². The van der Waals surface area contributed by atoms with Crippen LogP contribution < -0.4 is 0 Å². The number of aromatic nitrogens is 3. The summed E-state index contributed by atoms with van der Waals surface area (Å²) in [5.41, 5.74) is 1.43. The lowest BCUT2D eigenvalue weighted by Gasteiger charge is -2.22. The molecule has 0 unspecified atom stereocenters. The Balaban J connectivity index is 1.64. The molecule has 0 bridgehead atoms. The quantitative estimate of drug-likeness (QED) is 0.886. The van der Waals surface area contributed by atoms with Gasteiger partial charge in [-0.3, -0.25) is 14.8 Å². The fourth-order valence-electron chi connectivity index (χ4n) is 3.08. The Hall–Kier alpha value is -2.35. The van der Waals surface area contributed by atoms with Gasteiger partial charge < -0.3 is 4.90 Å². The Morgan fingerprint density at radius 2 is 1.96 bits per heavy atom. The SMILES string of the molecule is CCc1nc(-c2ccc(C(=O)N3CCCN(CC(F)F)CC3)cc2)n[nH]1. The fourth-order valence-corrected chi connectivity index (χ4v) is 3.08. The molecule has 1 aromatic carbocycles. The minimum absolute atomic E-state index is 0.0697. The summed E-state index contributed by atoms with van der Waals surface area (Å²) >= 11 is 0. The molecule has 1 aromatic heterocycles. The van der Waals surface area contributed by atoms with Gasteiger partial charge in [0.05, 0.1) is 6.54 Å². The van der Waals surface area contributed by atoms with Gasteiger partial charge in [-0.05, 0) is 18.6 Å². The van der Waals surface area contributed by atoms with Crippen LogP contribution in [0.3, 0.4) is 0 Å². The molecule has 1 aliphatic rings. The highest BCUT2D eigenvalue weighted by molar-refractivity contribution is 5.94. The van der Waals surface area contributed by atoms with Crippen LogP contribution in [-0.2, 0) is 6.42 Å². The van der Waals surface area contributed by atoms with E-state index in [1.54, 1.807) is 21.9 Å². The second kappa shape index (κ2) is 8.35. The van der Waals surface area contributed by atoms with Crippen molar-refractivity contribution in [3.8, 4) is 11.4 Å². The first-order valence-corrected chi connectivity index (χ1v) is 8.88. The van der Waals surface area contributed by atoms with Crippen molar-refractivity contribution in [1.29, 1.82) is 0 Å². The predicted octanol–water partition coefficient (Wildman–Crippen LogP) is 2.45. The topological polar surface area (TPSA) is 65.1 Å². The largest absolute Gasteiger partial charge is 0.337 e. The minimum atomic E-state index is -2.34. The van der Waals surface area contributed by atoms with E-state index in [9.17, 15) is 13.6 Å². The van der Waals surface area contributed by atoms with Crippen LogP contribution in [0.5, 0.6) is 0 Å². The number of halogens is 2. The molecule has 3 rings (SSSR count). The maximum absolute atomic E-state index is 12.7. The summed E-state index contributed by atoms with van der Waals surface area (Å²) in [6, 6.07) is 7.19. The van der Waals surface area contributed by atoms with E-state index in [2.05, 4.69) is 15.2 Å². The first-order chi connectivity index (χ1) is 12.6. The molecule has 0 atom stereocenters. The van der Waals surface area contributed by atoms with Gasteiger partial charge in [0.2, 0.25) is 0 Å². The van der Waals surface area contributed by atoms with Crippen LogP contribution in [0.1, 0.15) is 29.5 Å². The molecular weight excluding hydrogens is 340 g/mol. The van der Waals surface area contributed by atoms with Gasteiger partial charge in [-0.25, -0.2) is 13.8 Å². The van der Waals surface area contributed by atoms with Crippen LogP contribution in [0.4, 0.5) is 8.78 Å². The molecule has 0 spiro atoms. The van der Waals surface area contributed by atoms with Crippen molar-refractivity contribution in [2.45, 2.75) is 26.2 Å². The summed E-state index contributed by atoms with van der Waals surface area (Å²) in [5.74, 6) is 1.36. The number of aryl methyl sites for hydroxylation is 1. The molecule has 1 fully saturated rings. The van der Waals surface area contributed by atoms with E-state index in [0.29, 0.717) is 44.0 Å². The molecule has 0 radical (unpaired) electrons. The number of H-pyrrole nitrogens is 1. The van der Waals surface area contributed by atoms with Gasteiger partial charge in [0.25, 0.3) is 12.3 Å². The Morgan fingerprint density at radius 1 is 1.19 bits per heavy atom. The van der Waals surface area contributed by atoms with Crippen LogP contribution in [0.25, 0.3) is 11.4 Å². The molecule has 0 aliphatic carbocycles.